The lowest BCUT2D eigenvalue weighted by molar-refractivity contribution is 0.419. The summed E-state index contributed by atoms with van der Waals surface area (Å²) in [5.41, 5.74) is 1.92. The number of aromatic nitrogens is 1. The Morgan fingerprint density at radius 3 is 2.47 bits per heavy atom. The van der Waals surface area contributed by atoms with Crippen LogP contribution in [0.4, 0.5) is 11.5 Å². The molecular formula is C16H14N2O. The van der Waals surface area contributed by atoms with Gasteiger partial charge in [0.15, 0.2) is 0 Å². The highest BCUT2D eigenvalue weighted by Gasteiger charge is 2.05. The van der Waals surface area contributed by atoms with Crippen LogP contribution in [0.25, 0.3) is 10.9 Å². The van der Waals surface area contributed by atoms with Gasteiger partial charge in [-0.1, -0.05) is 30.3 Å². The number of pyridine rings is 1. The zero-order valence-corrected chi connectivity index (χ0v) is 10.6. The van der Waals surface area contributed by atoms with Crippen molar-refractivity contribution in [2.45, 2.75) is 0 Å². The second kappa shape index (κ2) is 4.98. The van der Waals surface area contributed by atoms with Crippen molar-refractivity contribution >= 4 is 22.4 Å². The molecule has 0 aliphatic rings. The minimum absolute atomic E-state index is 0.779. The first-order chi connectivity index (χ1) is 9.36. The van der Waals surface area contributed by atoms with Crippen molar-refractivity contribution in [1.82, 2.24) is 4.98 Å². The zero-order valence-electron chi connectivity index (χ0n) is 10.6. The summed E-state index contributed by atoms with van der Waals surface area (Å²) in [6.45, 7) is 0. The molecule has 0 radical (unpaired) electrons. The van der Waals surface area contributed by atoms with E-state index in [-0.39, 0.29) is 0 Å². The third kappa shape index (κ3) is 2.36. The van der Waals surface area contributed by atoms with Gasteiger partial charge >= 0.3 is 0 Å². The van der Waals surface area contributed by atoms with Gasteiger partial charge in [-0.05, 0) is 24.3 Å². The molecule has 0 amide bonds. The summed E-state index contributed by atoms with van der Waals surface area (Å²) < 4.78 is 5.43. The molecule has 1 aromatic heterocycles. The molecule has 0 spiro atoms. The molecule has 0 saturated carbocycles. The second-order valence-electron chi connectivity index (χ2n) is 4.22. The Morgan fingerprint density at radius 1 is 0.947 bits per heavy atom. The first kappa shape index (κ1) is 11.5. The Balaban J connectivity index is 2.05. The van der Waals surface area contributed by atoms with Crippen molar-refractivity contribution in [3.05, 3.63) is 60.7 Å². The van der Waals surface area contributed by atoms with Crippen LogP contribution in [0.2, 0.25) is 0 Å². The fourth-order valence-electron chi connectivity index (χ4n) is 2.05. The van der Waals surface area contributed by atoms with Crippen LogP contribution in [0, 0.1) is 0 Å². The molecule has 1 N–H and O–H groups in total. The van der Waals surface area contributed by atoms with Gasteiger partial charge in [0.25, 0.3) is 0 Å². The minimum atomic E-state index is 0.779. The predicted octanol–water partition coefficient (Wildman–Crippen LogP) is 3.99. The standard InChI is InChI=1S/C16H14N2O/c1-19-15-11-16(17-12-7-3-2-4-8-12)18-14-10-6-5-9-13(14)15/h2-11H,1H3,(H,17,18). The number of methoxy groups -OCH3 is 1. The average Bonchev–Trinajstić information content (AvgIpc) is 2.47. The second-order valence-corrected chi connectivity index (χ2v) is 4.22. The molecule has 19 heavy (non-hydrogen) atoms. The molecule has 0 bridgehead atoms. The molecule has 1 heterocycles. The van der Waals surface area contributed by atoms with E-state index in [0.29, 0.717) is 0 Å². The molecule has 0 aliphatic carbocycles. The molecule has 94 valence electrons. The van der Waals surface area contributed by atoms with E-state index >= 15 is 0 Å². The van der Waals surface area contributed by atoms with Gasteiger partial charge in [-0.2, -0.15) is 0 Å². The van der Waals surface area contributed by atoms with Gasteiger partial charge in [0.1, 0.15) is 11.6 Å². The Hall–Kier alpha value is -2.55. The fraction of sp³-hybridized carbons (Fsp3) is 0.0625. The molecule has 0 fully saturated rings. The lowest BCUT2D eigenvalue weighted by Crippen LogP contribution is -1.95. The molecule has 2 aromatic carbocycles. The van der Waals surface area contributed by atoms with Crippen LogP contribution in [-0.4, -0.2) is 12.1 Å². The first-order valence-electron chi connectivity index (χ1n) is 6.12. The minimum Gasteiger partial charge on any atom is -0.496 e. The molecule has 0 unspecified atom stereocenters. The largest absolute Gasteiger partial charge is 0.496 e. The van der Waals surface area contributed by atoms with E-state index in [1.165, 1.54) is 0 Å². The lowest BCUT2D eigenvalue weighted by atomic mass is 10.2. The van der Waals surface area contributed by atoms with Crippen molar-refractivity contribution < 1.29 is 4.74 Å². The van der Waals surface area contributed by atoms with Crippen molar-refractivity contribution in [2.75, 3.05) is 12.4 Å². The maximum atomic E-state index is 5.43. The number of hydrogen-bond donors (Lipinski definition) is 1. The summed E-state index contributed by atoms with van der Waals surface area (Å²) in [4.78, 5) is 4.59. The number of benzene rings is 2. The maximum absolute atomic E-state index is 5.43. The first-order valence-corrected chi connectivity index (χ1v) is 6.12. The van der Waals surface area contributed by atoms with E-state index in [4.69, 9.17) is 4.74 Å². The molecular weight excluding hydrogens is 236 g/mol. The Morgan fingerprint density at radius 2 is 1.68 bits per heavy atom. The number of ether oxygens (including phenoxy) is 1. The predicted molar refractivity (Wildman–Crippen MR) is 78.0 cm³/mol. The third-order valence-electron chi connectivity index (χ3n) is 2.94. The number of hydrogen-bond acceptors (Lipinski definition) is 3. The summed E-state index contributed by atoms with van der Waals surface area (Å²) in [6, 6.07) is 19.8. The van der Waals surface area contributed by atoms with E-state index in [0.717, 1.165) is 28.2 Å². The summed E-state index contributed by atoms with van der Waals surface area (Å²) in [5, 5.41) is 4.30. The molecule has 0 saturated heterocycles. The van der Waals surface area contributed by atoms with Crippen LogP contribution in [0.15, 0.2) is 60.7 Å². The van der Waals surface area contributed by atoms with Crippen molar-refractivity contribution in [3.63, 3.8) is 0 Å². The van der Waals surface area contributed by atoms with Gasteiger partial charge in [0.05, 0.1) is 12.6 Å². The van der Waals surface area contributed by atoms with Gasteiger partial charge < -0.3 is 10.1 Å². The Bertz CT molecular complexity index is 695. The molecule has 0 aliphatic heterocycles. The van der Waals surface area contributed by atoms with Crippen molar-refractivity contribution in [3.8, 4) is 5.75 Å². The van der Waals surface area contributed by atoms with E-state index in [1.807, 2.05) is 60.7 Å². The summed E-state index contributed by atoms with van der Waals surface area (Å²) >= 11 is 0. The van der Waals surface area contributed by atoms with Gasteiger partial charge in [-0.15, -0.1) is 0 Å². The van der Waals surface area contributed by atoms with Crippen LogP contribution in [0.1, 0.15) is 0 Å². The molecule has 3 aromatic rings. The van der Waals surface area contributed by atoms with E-state index in [9.17, 15) is 0 Å². The van der Waals surface area contributed by atoms with Gasteiger partial charge in [-0.25, -0.2) is 4.98 Å². The molecule has 3 rings (SSSR count). The highest BCUT2D eigenvalue weighted by molar-refractivity contribution is 5.87. The van der Waals surface area contributed by atoms with Crippen LogP contribution in [0.3, 0.4) is 0 Å². The number of anilines is 2. The fourth-order valence-corrected chi connectivity index (χ4v) is 2.05. The lowest BCUT2D eigenvalue weighted by Gasteiger charge is -2.10. The number of nitrogens with one attached hydrogen (secondary N) is 1. The van der Waals surface area contributed by atoms with E-state index < -0.39 is 0 Å². The third-order valence-corrected chi connectivity index (χ3v) is 2.94. The highest BCUT2D eigenvalue weighted by atomic mass is 16.5. The highest BCUT2D eigenvalue weighted by Crippen LogP contribution is 2.28. The normalized spacial score (nSPS) is 10.4. The monoisotopic (exact) mass is 250 g/mol. The Labute approximate surface area is 111 Å². The molecule has 3 nitrogen and oxygen atoms in total. The topological polar surface area (TPSA) is 34.1 Å². The smallest absolute Gasteiger partial charge is 0.134 e. The van der Waals surface area contributed by atoms with Crippen molar-refractivity contribution in [1.29, 1.82) is 0 Å². The van der Waals surface area contributed by atoms with Gasteiger partial charge in [-0.3, -0.25) is 0 Å². The Kier molecular flexibility index (Phi) is 3.02. The number of nitrogens with zero attached hydrogens (tertiary/aromatic N) is 1. The maximum Gasteiger partial charge on any atom is 0.134 e. The summed E-state index contributed by atoms with van der Waals surface area (Å²) in [5.74, 6) is 1.60. The number of rotatable bonds is 3. The van der Waals surface area contributed by atoms with Crippen LogP contribution in [-0.2, 0) is 0 Å². The zero-order chi connectivity index (χ0) is 13.1. The SMILES string of the molecule is COc1cc(Nc2ccccc2)nc2ccccc12. The van der Waals surface area contributed by atoms with E-state index in [2.05, 4.69) is 10.3 Å². The van der Waals surface area contributed by atoms with Gasteiger partial charge in [0.2, 0.25) is 0 Å². The van der Waals surface area contributed by atoms with Crippen LogP contribution < -0.4 is 10.1 Å². The van der Waals surface area contributed by atoms with Crippen molar-refractivity contribution in [2.24, 2.45) is 0 Å². The quantitative estimate of drug-likeness (QED) is 0.763. The molecule has 3 heteroatoms. The molecule has 0 atom stereocenters. The number of fused-ring (bicyclic) bond motifs is 1. The van der Waals surface area contributed by atoms with Crippen LogP contribution in [0.5, 0.6) is 5.75 Å². The summed E-state index contributed by atoms with van der Waals surface area (Å²) in [6.07, 6.45) is 0. The average molecular weight is 250 g/mol. The van der Waals surface area contributed by atoms with E-state index in [1.54, 1.807) is 7.11 Å². The van der Waals surface area contributed by atoms with Gasteiger partial charge in [0, 0.05) is 17.1 Å². The summed E-state index contributed by atoms with van der Waals surface area (Å²) in [7, 11) is 1.67. The van der Waals surface area contributed by atoms with Crippen LogP contribution >= 0.6 is 0 Å². The number of para-hydroxylation sites is 2.